The van der Waals surface area contributed by atoms with Crippen molar-refractivity contribution in [1.82, 2.24) is 0 Å². The molecule has 1 atom stereocenters. The summed E-state index contributed by atoms with van der Waals surface area (Å²) in [6.45, 7) is 6.42. The number of nitrogens with two attached hydrogens (primary N) is 1. The topological polar surface area (TPSA) is 35.2 Å². The summed E-state index contributed by atoms with van der Waals surface area (Å²) in [5, 5.41) is 0. The van der Waals surface area contributed by atoms with Gasteiger partial charge in [-0.15, -0.1) is 0 Å². The fourth-order valence-electron chi connectivity index (χ4n) is 2.54. The fraction of sp³-hybridized carbons (Fsp3) is 0.333. The van der Waals surface area contributed by atoms with Crippen molar-refractivity contribution in [2.24, 2.45) is 5.73 Å². The summed E-state index contributed by atoms with van der Waals surface area (Å²) in [5.74, 6) is 0.629. The van der Waals surface area contributed by atoms with Gasteiger partial charge in [0, 0.05) is 6.04 Å². The number of benzene rings is 2. The quantitative estimate of drug-likeness (QED) is 0.905. The normalized spacial score (nSPS) is 12.2. The molecule has 2 N–H and O–H groups in total. The SMILES string of the molecule is Cc1cc(CC(C)N)cc(C)c1OCc1cccc(F)c1. The first kappa shape index (κ1) is 15.5. The number of aryl methyl sites for hydroxylation is 2. The number of halogens is 1. The predicted octanol–water partition coefficient (Wildman–Crippen LogP) is 3.91. The summed E-state index contributed by atoms with van der Waals surface area (Å²) in [6.07, 6.45) is 0.853. The van der Waals surface area contributed by atoms with Crippen LogP contribution in [0.15, 0.2) is 36.4 Å². The summed E-state index contributed by atoms with van der Waals surface area (Å²) in [5.41, 5.74) is 10.1. The molecule has 0 aliphatic carbocycles. The van der Waals surface area contributed by atoms with E-state index in [9.17, 15) is 4.39 Å². The first-order valence-electron chi connectivity index (χ1n) is 7.18. The molecule has 0 heterocycles. The van der Waals surface area contributed by atoms with Crippen molar-refractivity contribution in [2.75, 3.05) is 0 Å². The maximum Gasteiger partial charge on any atom is 0.125 e. The molecule has 2 aromatic rings. The van der Waals surface area contributed by atoms with E-state index in [0.29, 0.717) is 6.61 Å². The maximum atomic E-state index is 13.2. The highest BCUT2D eigenvalue weighted by Gasteiger charge is 2.08. The van der Waals surface area contributed by atoms with Crippen LogP contribution in [-0.2, 0) is 13.0 Å². The van der Waals surface area contributed by atoms with Crippen LogP contribution in [-0.4, -0.2) is 6.04 Å². The third-order valence-corrected chi connectivity index (χ3v) is 3.35. The van der Waals surface area contributed by atoms with Crippen LogP contribution in [0.1, 0.15) is 29.2 Å². The van der Waals surface area contributed by atoms with Crippen LogP contribution >= 0.6 is 0 Å². The van der Waals surface area contributed by atoms with Gasteiger partial charge >= 0.3 is 0 Å². The van der Waals surface area contributed by atoms with Crippen molar-refractivity contribution in [2.45, 2.75) is 39.8 Å². The molecule has 0 saturated carbocycles. The van der Waals surface area contributed by atoms with Crippen molar-refractivity contribution in [1.29, 1.82) is 0 Å². The van der Waals surface area contributed by atoms with E-state index in [4.69, 9.17) is 10.5 Å². The zero-order chi connectivity index (χ0) is 15.4. The van der Waals surface area contributed by atoms with Crippen LogP contribution in [0.25, 0.3) is 0 Å². The Labute approximate surface area is 125 Å². The van der Waals surface area contributed by atoms with Gasteiger partial charge in [-0.2, -0.15) is 0 Å². The second kappa shape index (κ2) is 6.72. The van der Waals surface area contributed by atoms with Crippen molar-refractivity contribution in [3.63, 3.8) is 0 Å². The van der Waals surface area contributed by atoms with Crippen LogP contribution in [0.5, 0.6) is 5.75 Å². The fourth-order valence-corrected chi connectivity index (χ4v) is 2.54. The molecule has 0 radical (unpaired) electrons. The Morgan fingerprint density at radius 1 is 1.10 bits per heavy atom. The van der Waals surface area contributed by atoms with Gasteiger partial charge in [0.2, 0.25) is 0 Å². The molecule has 2 nitrogen and oxygen atoms in total. The van der Waals surface area contributed by atoms with E-state index in [0.717, 1.165) is 28.9 Å². The van der Waals surface area contributed by atoms with Gasteiger partial charge in [-0.05, 0) is 61.6 Å². The summed E-state index contributed by atoms with van der Waals surface area (Å²) in [4.78, 5) is 0. The summed E-state index contributed by atoms with van der Waals surface area (Å²) in [7, 11) is 0. The van der Waals surface area contributed by atoms with Gasteiger partial charge in [-0.1, -0.05) is 24.3 Å². The Bertz CT molecular complexity index is 599. The van der Waals surface area contributed by atoms with E-state index in [1.807, 2.05) is 26.8 Å². The molecule has 0 saturated heterocycles. The Kier molecular flexibility index (Phi) is 4.97. The minimum Gasteiger partial charge on any atom is -0.488 e. The first-order valence-corrected chi connectivity index (χ1v) is 7.18. The monoisotopic (exact) mass is 287 g/mol. The highest BCUT2D eigenvalue weighted by atomic mass is 19.1. The second-order valence-corrected chi connectivity index (χ2v) is 5.66. The van der Waals surface area contributed by atoms with Gasteiger partial charge in [-0.3, -0.25) is 0 Å². The molecular weight excluding hydrogens is 265 g/mol. The summed E-state index contributed by atoms with van der Waals surface area (Å²) in [6, 6.07) is 10.8. The lowest BCUT2D eigenvalue weighted by molar-refractivity contribution is 0.301. The largest absolute Gasteiger partial charge is 0.488 e. The molecule has 1 unspecified atom stereocenters. The van der Waals surface area contributed by atoms with Gasteiger partial charge in [0.05, 0.1) is 0 Å². The van der Waals surface area contributed by atoms with Crippen LogP contribution in [0.2, 0.25) is 0 Å². The van der Waals surface area contributed by atoms with Gasteiger partial charge in [0.15, 0.2) is 0 Å². The van der Waals surface area contributed by atoms with Crippen molar-refractivity contribution < 1.29 is 9.13 Å². The van der Waals surface area contributed by atoms with Crippen LogP contribution < -0.4 is 10.5 Å². The molecule has 2 aromatic carbocycles. The summed E-state index contributed by atoms with van der Waals surface area (Å²) < 4.78 is 19.0. The zero-order valence-corrected chi connectivity index (χ0v) is 12.8. The third kappa shape index (κ3) is 4.30. The van der Waals surface area contributed by atoms with Crippen LogP contribution in [0.4, 0.5) is 4.39 Å². The Hall–Kier alpha value is -1.87. The molecule has 0 aromatic heterocycles. The van der Waals surface area contributed by atoms with Gasteiger partial charge in [0.25, 0.3) is 0 Å². The minimum atomic E-state index is -0.239. The summed E-state index contributed by atoms with van der Waals surface area (Å²) >= 11 is 0. The average Bonchev–Trinajstić information content (AvgIpc) is 2.37. The van der Waals surface area contributed by atoms with Crippen molar-refractivity contribution in [3.8, 4) is 5.75 Å². The third-order valence-electron chi connectivity index (χ3n) is 3.35. The standard InChI is InChI=1S/C18H22FNO/c1-12-7-16(9-14(3)20)8-13(2)18(12)21-11-15-5-4-6-17(19)10-15/h4-8,10,14H,9,11,20H2,1-3H3. The lowest BCUT2D eigenvalue weighted by Crippen LogP contribution is -2.18. The number of rotatable bonds is 5. The second-order valence-electron chi connectivity index (χ2n) is 5.66. The van der Waals surface area contributed by atoms with Gasteiger partial charge < -0.3 is 10.5 Å². The van der Waals surface area contributed by atoms with Crippen LogP contribution in [0, 0.1) is 19.7 Å². The molecule has 0 spiro atoms. The smallest absolute Gasteiger partial charge is 0.125 e. The molecule has 0 aliphatic rings. The molecule has 0 fully saturated rings. The number of hydrogen-bond donors (Lipinski definition) is 1. The van der Waals surface area contributed by atoms with Gasteiger partial charge in [0.1, 0.15) is 18.2 Å². The molecule has 21 heavy (non-hydrogen) atoms. The minimum absolute atomic E-state index is 0.142. The molecule has 0 amide bonds. The lowest BCUT2D eigenvalue weighted by Gasteiger charge is -2.15. The maximum absolute atomic E-state index is 13.2. The predicted molar refractivity (Wildman–Crippen MR) is 84.0 cm³/mol. The van der Waals surface area contributed by atoms with E-state index in [-0.39, 0.29) is 11.9 Å². The van der Waals surface area contributed by atoms with Gasteiger partial charge in [-0.25, -0.2) is 4.39 Å². The molecule has 3 heteroatoms. The lowest BCUT2D eigenvalue weighted by atomic mass is 10.0. The van der Waals surface area contributed by atoms with E-state index in [2.05, 4.69) is 12.1 Å². The zero-order valence-electron chi connectivity index (χ0n) is 12.8. The highest BCUT2D eigenvalue weighted by molar-refractivity contribution is 5.43. The molecule has 112 valence electrons. The number of ether oxygens (including phenoxy) is 1. The molecule has 0 aliphatic heterocycles. The first-order chi connectivity index (χ1) is 9.95. The van der Waals surface area contributed by atoms with E-state index in [1.165, 1.54) is 17.7 Å². The Morgan fingerprint density at radius 3 is 2.33 bits per heavy atom. The van der Waals surface area contributed by atoms with Crippen molar-refractivity contribution >= 4 is 0 Å². The molecule has 0 bridgehead atoms. The molecular formula is C18H22FNO. The highest BCUT2D eigenvalue weighted by Crippen LogP contribution is 2.26. The Balaban J connectivity index is 2.13. The van der Waals surface area contributed by atoms with Crippen molar-refractivity contribution in [3.05, 3.63) is 64.5 Å². The Morgan fingerprint density at radius 2 is 1.76 bits per heavy atom. The molecule has 2 rings (SSSR count). The van der Waals surface area contributed by atoms with E-state index >= 15 is 0 Å². The van der Waals surface area contributed by atoms with Crippen LogP contribution in [0.3, 0.4) is 0 Å². The number of hydrogen-bond acceptors (Lipinski definition) is 2. The van der Waals surface area contributed by atoms with E-state index in [1.54, 1.807) is 6.07 Å². The van der Waals surface area contributed by atoms with E-state index < -0.39 is 0 Å². The average molecular weight is 287 g/mol.